The molecule has 3 rings (SSSR count). The lowest BCUT2D eigenvalue weighted by molar-refractivity contribution is -0.126. The highest BCUT2D eigenvalue weighted by Crippen LogP contribution is 2.25. The molecule has 11 heteroatoms. The third-order valence-electron chi connectivity index (χ3n) is 5.04. The maximum atomic E-state index is 13.0. The van der Waals surface area contributed by atoms with E-state index in [-0.39, 0.29) is 36.4 Å². The summed E-state index contributed by atoms with van der Waals surface area (Å²) in [4.78, 5) is 49.7. The van der Waals surface area contributed by atoms with Crippen LogP contribution in [0.25, 0.3) is 0 Å². The maximum Gasteiger partial charge on any atom is 0.255 e. The number of nitrogens with two attached hydrogens (primary N) is 3. The maximum absolute atomic E-state index is 13.0. The van der Waals surface area contributed by atoms with Crippen LogP contribution in [0.5, 0.6) is 5.75 Å². The summed E-state index contributed by atoms with van der Waals surface area (Å²) in [5.41, 5.74) is 18.3. The SMILES string of the molecule is NCCC[C@@H]1NC(=O)CNC(=O)c2cc(N)ccc2OCc2ccc(C(N)=O)cc2NC1=O. The third kappa shape index (κ3) is 5.98. The first-order chi connectivity index (χ1) is 15.8. The lowest BCUT2D eigenvalue weighted by Crippen LogP contribution is -2.47. The van der Waals surface area contributed by atoms with Gasteiger partial charge >= 0.3 is 0 Å². The Labute approximate surface area is 190 Å². The zero-order valence-corrected chi connectivity index (χ0v) is 17.9. The smallest absolute Gasteiger partial charge is 0.255 e. The minimum atomic E-state index is -0.908. The Morgan fingerprint density at radius 3 is 2.64 bits per heavy atom. The second-order valence-corrected chi connectivity index (χ2v) is 7.50. The minimum Gasteiger partial charge on any atom is -0.488 e. The highest BCUT2D eigenvalue weighted by molar-refractivity contribution is 6.02. The largest absolute Gasteiger partial charge is 0.488 e. The molecule has 9 N–H and O–H groups in total. The van der Waals surface area contributed by atoms with Crippen molar-refractivity contribution in [1.82, 2.24) is 10.6 Å². The van der Waals surface area contributed by atoms with Gasteiger partial charge in [0.25, 0.3) is 5.91 Å². The number of benzene rings is 2. The molecule has 4 amide bonds. The van der Waals surface area contributed by atoms with Gasteiger partial charge in [-0.3, -0.25) is 19.2 Å². The van der Waals surface area contributed by atoms with Gasteiger partial charge in [0, 0.05) is 22.5 Å². The number of nitrogens with one attached hydrogen (secondary N) is 3. The molecule has 2 aromatic carbocycles. The number of fused-ring (bicyclic) bond motifs is 2. The summed E-state index contributed by atoms with van der Waals surface area (Å²) >= 11 is 0. The fourth-order valence-corrected chi connectivity index (χ4v) is 3.29. The van der Waals surface area contributed by atoms with Crippen LogP contribution in [0, 0.1) is 0 Å². The molecule has 0 unspecified atom stereocenters. The van der Waals surface area contributed by atoms with E-state index < -0.39 is 29.7 Å². The van der Waals surface area contributed by atoms with E-state index in [9.17, 15) is 19.2 Å². The first-order valence-electron chi connectivity index (χ1n) is 10.3. The first-order valence-corrected chi connectivity index (χ1v) is 10.3. The molecule has 0 radical (unpaired) electrons. The molecule has 0 spiro atoms. The molecule has 33 heavy (non-hydrogen) atoms. The minimum absolute atomic E-state index is 0.0291. The number of nitrogen functional groups attached to an aromatic ring is 1. The quantitative estimate of drug-likeness (QED) is 0.346. The third-order valence-corrected chi connectivity index (χ3v) is 5.04. The lowest BCUT2D eigenvalue weighted by Gasteiger charge is -2.21. The summed E-state index contributed by atoms with van der Waals surface area (Å²) in [6.07, 6.45) is 0.761. The van der Waals surface area contributed by atoms with Crippen molar-refractivity contribution in [3.05, 3.63) is 53.1 Å². The Morgan fingerprint density at radius 1 is 1.12 bits per heavy atom. The number of rotatable bonds is 4. The Bertz CT molecular complexity index is 1090. The molecule has 1 aliphatic rings. The standard InChI is InChI=1S/C22H26N6O5/c23-7-1-2-16-22(32)28-17-8-12(20(25)30)3-4-13(17)11-33-18-6-5-14(24)9-15(18)21(31)26-10-19(29)27-16/h3-6,8-9,16H,1-2,7,10-11,23-24H2,(H2,25,30)(H,26,31)(H,27,29)(H,28,32)/t16-/m0/s1. The summed E-state index contributed by atoms with van der Waals surface area (Å²) in [5, 5.41) is 7.86. The van der Waals surface area contributed by atoms with Crippen LogP contribution in [0.15, 0.2) is 36.4 Å². The number of primary amides is 1. The summed E-state index contributed by atoms with van der Waals surface area (Å²) < 4.78 is 5.84. The monoisotopic (exact) mass is 454 g/mol. The molecule has 11 nitrogen and oxygen atoms in total. The highest BCUT2D eigenvalue weighted by atomic mass is 16.5. The van der Waals surface area contributed by atoms with Crippen molar-refractivity contribution in [1.29, 1.82) is 0 Å². The van der Waals surface area contributed by atoms with Gasteiger partial charge in [-0.1, -0.05) is 6.07 Å². The van der Waals surface area contributed by atoms with Crippen molar-refractivity contribution in [2.45, 2.75) is 25.5 Å². The van der Waals surface area contributed by atoms with Crippen LogP contribution in [0.1, 0.15) is 39.1 Å². The zero-order chi connectivity index (χ0) is 24.0. The normalized spacial score (nSPS) is 16.8. The van der Waals surface area contributed by atoms with Crippen molar-refractivity contribution < 1.29 is 23.9 Å². The summed E-state index contributed by atoms with van der Waals surface area (Å²) in [6.45, 7) is -0.0641. The van der Waals surface area contributed by atoms with Crippen molar-refractivity contribution >= 4 is 35.0 Å². The number of amides is 4. The van der Waals surface area contributed by atoms with Gasteiger partial charge in [0.1, 0.15) is 18.4 Å². The van der Waals surface area contributed by atoms with Gasteiger partial charge in [-0.05, 0) is 49.7 Å². The molecule has 0 bridgehead atoms. The summed E-state index contributed by atoms with van der Waals surface area (Å²) in [7, 11) is 0. The van der Waals surface area contributed by atoms with Crippen LogP contribution in [0.3, 0.4) is 0 Å². The van der Waals surface area contributed by atoms with Crippen LogP contribution < -0.4 is 37.9 Å². The first kappa shape index (κ1) is 23.5. The Hall–Kier alpha value is -4.12. The second kappa shape index (κ2) is 10.5. The average molecular weight is 454 g/mol. The highest BCUT2D eigenvalue weighted by Gasteiger charge is 2.23. The molecular formula is C22H26N6O5. The van der Waals surface area contributed by atoms with E-state index in [2.05, 4.69) is 16.0 Å². The number of carbonyl (C=O) groups is 4. The van der Waals surface area contributed by atoms with Gasteiger partial charge < -0.3 is 37.9 Å². The van der Waals surface area contributed by atoms with Crippen molar-refractivity contribution in [2.24, 2.45) is 11.5 Å². The molecular weight excluding hydrogens is 428 g/mol. The van der Waals surface area contributed by atoms with Crippen LogP contribution in [0.4, 0.5) is 11.4 Å². The Kier molecular flexibility index (Phi) is 7.46. The molecule has 0 aromatic heterocycles. The predicted octanol–water partition coefficient (Wildman–Crippen LogP) is -0.148. The van der Waals surface area contributed by atoms with Gasteiger partial charge in [-0.25, -0.2) is 0 Å². The van der Waals surface area contributed by atoms with Crippen molar-refractivity contribution in [3.63, 3.8) is 0 Å². The summed E-state index contributed by atoms with van der Waals surface area (Å²) in [5.74, 6) is -2.06. The van der Waals surface area contributed by atoms with Gasteiger partial charge in [-0.15, -0.1) is 0 Å². The van der Waals surface area contributed by atoms with E-state index in [1.807, 2.05) is 0 Å². The van der Waals surface area contributed by atoms with Gasteiger partial charge in [-0.2, -0.15) is 0 Å². The molecule has 1 aliphatic heterocycles. The van der Waals surface area contributed by atoms with E-state index in [1.54, 1.807) is 12.1 Å². The zero-order valence-electron chi connectivity index (χ0n) is 17.9. The molecule has 2 aromatic rings. The van der Waals surface area contributed by atoms with Crippen LogP contribution >= 0.6 is 0 Å². The van der Waals surface area contributed by atoms with Crippen LogP contribution in [-0.4, -0.2) is 42.8 Å². The van der Waals surface area contributed by atoms with Crippen molar-refractivity contribution in [3.8, 4) is 5.75 Å². The van der Waals surface area contributed by atoms with Crippen LogP contribution in [0.2, 0.25) is 0 Å². The van der Waals surface area contributed by atoms with Crippen LogP contribution in [-0.2, 0) is 16.2 Å². The number of hydrogen-bond donors (Lipinski definition) is 6. The molecule has 0 saturated carbocycles. The Balaban J connectivity index is 2.02. The van der Waals surface area contributed by atoms with Crippen molar-refractivity contribution in [2.75, 3.05) is 24.1 Å². The molecule has 0 saturated heterocycles. The van der Waals surface area contributed by atoms with Gasteiger partial charge in [0.15, 0.2) is 0 Å². The molecule has 0 fully saturated rings. The Morgan fingerprint density at radius 2 is 1.91 bits per heavy atom. The second-order valence-electron chi connectivity index (χ2n) is 7.50. The summed E-state index contributed by atoms with van der Waals surface area (Å²) in [6, 6.07) is 8.17. The molecule has 174 valence electrons. The van der Waals surface area contributed by atoms with E-state index in [1.165, 1.54) is 24.3 Å². The van der Waals surface area contributed by atoms with E-state index in [4.69, 9.17) is 21.9 Å². The number of hydrogen-bond acceptors (Lipinski definition) is 7. The fourth-order valence-electron chi connectivity index (χ4n) is 3.29. The molecule has 1 atom stereocenters. The number of ether oxygens (including phenoxy) is 1. The average Bonchev–Trinajstić information content (AvgIpc) is 2.79. The van der Waals surface area contributed by atoms with Gasteiger partial charge in [0.2, 0.25) is 17.7 Å². The number of anilines is 2. The topological polar surface area (TPSA) is 192 Å². The van der Waals surface area contributed by atoms with E-state index in [0.29, 0.717) is 29.9 Å². The fraction of sp³-hybridized carbons (Fsp3) is 0.273. The van der Waals surface area contributed by atoms with Gasteiger partial charge in [0.05, 0.1) is 12.1 Å². The predicted molar refractivity (Wildman–Crippen MR) is 121 cm³/mol. The number of carbonyl (C=O) groups excluding carboxylic acids is 4. The van der Waals surface area contributed by atoms with E-state index in [0.717, 1.165) is 0 Å². The molecule has 1 heterocycles. The van der Waals surface area contributed by atoms with E-state index >= 15 is 0 Å². The lowest BCUT2D eigenvalue weighted by atomic mass is 10.1. The molecule has 0 aliphatic carbocycles.